The number of carbonyl (C=O) groups is 2. The molecule has 1 aromatic carbocycles. The molecule has 0 saturated heterocycles. The lowest BCUT2D eigenvalue weighted by molar-refractivity contribution is -0.143. The summed E-state index contributed by atoms with van der Waals surface area (Å²) < 4.78 is 5.38. The molecule has 0 unspecified atom stereocenters. The maximum absolute atomic E-state index is 12.8. The van der Waals surface area contributed by atoms with E-state index >= 15 is 0 Å². The Kier molecular flexibility index (Phi) is 7.19. The number of para-hydroxylation sites is 1. The standard InChI is InChI=1S/C20H27N3O4/c1-15(18(25)23(2)20(14-21)10-6-3-7-11-20)27-19(26)16-8-4-5-9-17(16)22-12-13-24/h4-5,8-9,15,22,24H,3,6-7,10-13H2,1-2H3/t15-/m0/s1. The average molecular weight is 373 g/mol. The number of rotatable bonds is 7. The number of likely N-dealkylation sites (N-methyl/N-ethyl adjacent to an activating group) is 1. The lowest BCUT2D eigenvalue weighted by Gasteiger charge is -2.39. The van der Waals surface area contributed by atoms with Crippen molar-refractivity contribution in [1.29, 1.82) is 5.26 Å². The number of aliphatic hydroxyl groups excluding tert-OH is 1. The highest BCUT2D eigenvalue weighted by molar-refractivity contribution is 5.97. The average Bonchev–Trinajstić information content (AvgIpc) is 2.71. The summed E-state index contributed by atoms with van der Waals surface area (Å²) in [6, 6.07) is 9.07. The van der Waals surface area contributed by atoms with Crippen LogP contribution in [0.1, 0.15) is 49.4 Å². The third-order valence-electron chi connectivity index (χ3n) is 5.07. The molecule has 1 aromatic rings. The van der Waals surface area contributed by atoms with Crippen LogP contribution in [0.3, 0.4) is 0 Å². The van der Waals surface area contributed by atoms with Crippen molar-refractivity contribution in [2.24, 2.45) is 0 Å². The minimum atomic E-state index is -0.999. The molecule has 146 valence electrons. The van der Waals surface area contributed by atoms with E-state index in [9.17, 15) is 14.9 Å². The van der Waals surface area contributed by atoms with E-state index < -0.39 is 17.6 Å². The molecule has 1 fully saturated rings. The number of nitriles is 1. The Balaban J connectivity index is 2.08. The molecule has 1 saturated carbocycles. The van der Waals surface area contributed by atoms with Gasteiger partial charge in [-0.3, -0.25) is 4.79 Å². The van der Waals surface area contributed by atoms with Crippen molar-refractivity contribution < 1.29 is 19.4 Å². The van der Waals surface area contributed by atoms with Crippen molar-refractivity contribution in [2.75, 3.05) is 25.5 Å². The molecule has 0 radical (unpaired) electrons. The molecular formula is C20H27N3O4. The van der Waals surface area contributed by atoms with Crippen molar-refractivity contribution in [3.63, 3.8) is 0 Å². The van der Waals surface area contributed by atoms with Crippen LogP contribution in [-0.2, 0) is 9.53 Å². The molecule has 0 aliphatic heterocycles. The van der Waals surface area contributed by atoms with E-state index in [4.69, 9.17) is 9.84 Å². The van der Waals surface area contributed by atoms with E-state index in [1.165, 1.54) is 11.8 Å². The van der Waals surface area contributed by atoms with Gasteiger partial charge < -0.3 is 20.1 Å². The topological polar surface area (TPSA) is 103 Å². The predicted octanol–water partition coefficient (Wildman–Crippen LogP) is 2.32. The van der Waals surface area contributed by atoms with E-state index in [0.29, 0.717) is 30.6 Å². The van der Waals surface area contributed by atoms with E-state index in [0.717, 1.165) is 19.3 Å². The fourth-order valence-corrected chi connectivity index (χ4v) is 3.42. The van der Waals surface area contributed by atoms with Crippen molar-refractivity contribution in [2.45, 2.75) is 50.7 Å². The van der Waals surface area contributed by atoms with Gasteiger partial charge in [-0.05, 0) is 31.9 Å². The Labute approximate surface area is 159 Å². The van der Waals surface area contributed by atoms with Gasteiger partial charge in [-0.15, -0.1) is 0 Å². The van der Waals surface area contributed by atoms with Crippen LogP contribution < -0.4 is 5.32 Å². The van der Waals surface area contributed by atoms with E-state index in [-0.39, 0.29) is 12.5 Å². The van der Waals surface area contributed by atoms with E-state index in [1.54, 1.807) is 31.3 Å². The number of esters is 1. The lowest BCUT2D eigenvalue weighted by atomic mass is 9.81. The van der Waals surface area contributed by atoms with Gasteiger partial charge >= 0.3 is 5.97 Å². The molecule has 2 rings (SSSR count). The first-order valence-electron chi connectivity index (χ1n) is 9.29. The summed E-state index contributed by atoms with van der Waals surface area (Å²) in [5.74, 6) is -1.01. The number of hydrogen-bond donors (Lipinski definition) is 2. The molecule has 1 atom stereocenters. The number of anilines is 1. The summed E-state index contributed by atoms with van der Waals surface area (Å²) in [6.45, 7) is 1.75. The second-order valence-corrected chi connectivity index (χ2v) is 6.84. The number of amides is 1. The highest BCUT2D eigenvalue weighted by Crippen LogP contribution is 2.33. The van der Waals surface area contributed by atoms with Crippen LogP contribution in [0.4, 0.5) is 5.69 Å². The van der Waals surface area contributed by atoms with Crippen molar-refractivity contribution >= 4 is 17.6 Å². The summed E-state index contributed by atoms with van der Waals surface area (Å²) in [4.78, 5) is 26.8. The van der Waals surface area contributed by atoms with Gasteiger partial charge in [0.2, 0.25) is 0 Å². The van der Waals surface area contributed by atoms with Gasteiger partial charge in [-0.25, -0.2) is 4.79 Å². The van der Waals surface area contributed by atoms with E-state index in [1.807, 2.05) is 0 Å². The summed E-state index contributed by atoms with van der Waals surface area (Å²) in [7, 11) is 1.61. The molecule has 1 aliphatic rings. The van der Waals surface area contributed by atoms with Crippen LogP contribution >= 0.6 is 0 Å². The van der Waals surface area contributed by atoms with Crippen LogP contribution in [-0.4, -0.2) is 53.7 Å². The number of ether oxygens (including phenoxy) is 1. The van der Waals surface area contributed by atoms with Crippen molar-refractivity contribution in [3.05, 3.63) is 29.8 Å². The quantitative estimate of drug-likeness (QED) is 0.711. The molecule has 2 N–H and O–H groups in total. The summed E-state index contributed by atoms with van der Waals surface area (Å²) in [6.07, 6.45) is 3.15. The fraction of sp³-hybridized carbons (Fsp3) is 0.550. The first-order valence-corrected chi connectivity index (χ1v) is 9.29. The molecule has 7 nitrogen and oxygen atoms in total. The van der Waals surface area contributed by atoms with Crippen molar-refractivity contribution in [1.82, 2.24) is 4.90 Å². The second-order valence-electron chi connectivity index (χ2n) is 6.84. The molecule has 0 aromatic heterocycles. The van der Waals surface area contributed by atoms with Gasteiger partial charge in [0.1, 0.15) is 5.54 Å². The fourth-order valence-electron chi connectivity index (χ4n) is 3.42. The predicted molar refractivity (Wildman–Crippen MR) is 101 cm³/mol. The van der Waals surface area contributed by atoms with Gasteiger partial charge in [0.25, 0.3) is 5.91 Å². The number of benzene rings is 1. The first kappa shape index (κ1) is 20.7. The Morgan fingerprint density at radius 1 is 1.33 bits per heavy atom. The Hall–Kier alpha value is -2.59. The maximum atomic E-state index is 12.8. The number of nitrogens with zero attached hydrogens (tertiary/aromatic N) is 2. The van der Waals surface area contributed by atoms with Crippen LogP contribution in [0.5, 0.6) is 0 Å². The highest BCUT2D eigenvalue weighted by atomic mass is 16.5. The molecule has 1 aliphatic carbocycles. The third-order valence-corrected chi connectivity index (χ3v) is 5.07. The summed E-state index contributed by atoms with van der Waals surface area (Å²) >= 11 is 0. The molecule has 27 heavy (non-hydrogen) atoms. The van der Waals surface area contributed by atoms with Crippen LogP contribution in [0.2, 0.25) is 0 Å². The molecule has 7 heteroatoms. The van der Waals surface area contributed by atoms with E-state index in [2.05, 4.69) is 11.4 Å². The second kappa shape index (κ2) is 9.38. The molecule has 1 amide bonds. The number of nitrogens with one attached hydrogen (secondary N) is 1. The van der Waals surface area contributed by atoms with Gasteiger partial charge in [-0.2, -0.15) is 5.26 Å². The SMILES string of the molecule is C[C@H](OC(=O)c1ccccc1NCCO)C(=O)N(C)C1(C#N)CCCCC1. The molecule has 0 heterocycles. The first-order chi connectivity index (χ1) is 12.9. The van der Waals surface area contributed by atoms with Crippen LogP contribution in [0.15, 0.2) is 24.3 Å². The zero-order valence-corrected chi connectivity index (χ0v) is 15.9. The Bertz CT molecular complexity index is 707. The minimum absolute atomic E-state index is 0.0701. The maximum Gasteiger partial charge on any atom is 0.341 e. The lowest BCUT2D eigenvalue weighted by Crippen LogP contribution is -2.53. The minimum Gasteiger partial charge on any atom is -0.449 e. The largest absolute Gasteiger partial charge is 0.449 e. The van der Waals surface area contributed by atoms with Crippen LogP contribution in [0.25, 0.3) is 0 Å². The van der Waals surface area contributed by atoms with Crippen molar-refractivity contribution in [3.8, 4) is 6.07 Å². The van der Waals surface area contributed by atoms with Crippen LogP contribution in [0, 0.1) is 11.3 Å². The third kappa shape index (κ3) is 4.77. The van der Waals surface area contributed by atoms with Gasteiger partial charge in [-0.1, -0.05) is 31.4 Å². The number of hydrogen-bond acceptors (Lipinski definition) is 6. The smallest absolute Gasteiger partial charge is 0.341 e. The monoisotopic (exact) mass is 373 g/mol. The zero-order chi connectivity index (χ0) is 19.9. The Morgan fingerprint density at radius 3 is 2.63 bits per heavy atom. The number of aliphatic hydroxyl groups is 1. The highest BCUT2D eigenvalue weighted by Gasteiger charge is 2.40. The summed E-state index contributed by atoms with van der Waals surface area (Å²) in [5, 5.41) is 21.5. The number of carbonyl (C=O) groups excluding carboxylic acids is 2. The molecular weight excluding hydrogens is 346 g/mol. The zero-order valence-electron chi connectivity index (χ0n) is 15.9. The normalized spacial score (nSPS) is 16.7. The van der Waals surface area contributed by atoms with Gasteiger partial charge in [0, 0.05) is 19.3 Å². The summed E-state index contributed by atoms with van der Waals surface area (Å²) in [5.41, 5.74) is 0.00240. The molecule has 0 bridgehead atoms. The van der Waals surface area contributed by atoms with Gasteiger partial charge in [0.05, 0.1) is 18.2 Å². The Morgan fingerprint density at radius 2 is 2.00 bits per heavy atom. The molecule has 0 spiro atoms. The van der Waals surface area contributed by atoms with Gasteiger partial charge in [0.15, 0.2) is 6.10 Å².